The summed E-state index contributed by atoms with van der Waals surface area (Å²) >= 11 is 3.22. The van der Waals surface area contributed by atoms with Crippen molar-refractivity contribution in [2.24, 2.45) is 5.41 Å². The summed E-state index contributed by atoms with van der Waals surface area (Å²) in [6, 6.07) is 0. The van der Waals surface area contributed by atoms with E-state index in [2.05, 4.69) is 29.8 Å². The van der Waals surface area contributed by atoms with Crippen LogP contribution in [0.2, 0.25) is 0 Å². The number of hydrogen-bond donors (Lipinski definition) is 0. The van der Waals surface area contributed by atoms with E-state index in [4.69, 9.17) is 0 Å². The molecule has 56 valence electrons. The molecule has 0 aromatic rings. The molecule has 0 N–H and O–H groups in total. The van der Waals surface area contributed by atoms with Crippen LogP contribution in [0.3, 0.4) is 0 Å². The second-order valence-corrected chi connectivity index (χ2v) is 4.37. The fourth-order valence-corrected chi connectivity index (χ4v) is 1.37. The minimum atomic E-state index is 0.175. The maximum Gasteiger partial charge on any atom is 0.170 e. The van der Waals surface area contributed by atoms with Crippen LogP contribution in [0.25, 0.3) is 0 Å². The lowest BCUT2D eigenvalue weighted by molar-refractivity contribution is -0.117. The van der Waals surface area contributed by atoms with Gasteiger partial charge in [0.1, 0.15) is 0 Å². The standard InChI is InChI=1S/C8H11BrO/c1-8(2)4-3-6(9)7(10)5-8/h3H,4-5H2,1-2H3. The summed E-state index contributed by atoms with van der Waals surface area (Å²) in [4.78, 5) is 11.1. The molecule has 0 aromatic heterocycles. The molecule has 1 aliphatic carbocycles. The first-order valence-corrected chi connectivity index (χ1v) is 4.19. The summed E-state index contributed by atoms with van der Waals surface area (Å²) in [5, 5.41) is 0. The summed E-state index contributed by atoms with van der Waals surface area (Å²) < 4.78 is 0.756. The number of hydrogen-bond acceptors (Lipinski definition) is 1. The minimum Gasteiger partial charge on any atom is -0.294 e. The smallest absolute Gasteiger partial charge is 0.170 e. The first-order chi connectivity index (χ1) is 4.51. The lowest BCUT2D eigenvalue weighted by Gasteiger charge is -2.25. The van der Waals surface area contributed by atoms with Gasteiger partial charge in [-0.2, -0.15) is 0 Å². The lowest BCUT2D eigenvalue weighted by atomic mass is 9.80. The predicted molar refractivity (Wildman–Crippen MR) is 45.0 cm³/mol. The van der Waals surface area contributed by atoms with Gasteiger partial charge in [0.2, 0.25) is 0 Å². The summed E-state index contributed by atoms with van der Waals surface area (Å²) in [5.41, 5.74) is 0.175. The van der Waals surface area contributed by atoms with E-state index in [0.717, 1.165) is 10.9 Å². The SMILES string of the molecule is CC1(C)CC=C(Br)C(=O)C1. The molecule has 0 fully saturated rings. The minimum absolute atomic E-state index is 0.175. The first kappa shape index (κ1) is 7.99. The van der Waals surface area contributed by atoms with Gasteiger partial charge in [-0.3, -0.25) is 4.79 Å². The van der Waals surface area contributed by atoms with E-state index in [-0.39, 0.29) is 11.2 Å². The Hall–Kier alpha value is -0.110. The Balaban J connectivity index is 2.79. The van der Waals surface area contributed by atoms with Gasteiger partial charge in [0, 0.05) is 6.42 Å². The Labute approximate surface area is 69.6 Å². The molecule has 0 radical (unpaired) electrons. The molecular formula is C8H11BrO. The van der Waals surface area contributed by atoms with Crippen molar-refractivity contribution in [3.63, 3.8) is 0 Å². The van der Waals surface area contributed by atoms with Crippen LogP contribution < -0.4 is 0 Å². The highest BCUT2D eigenvalue weighted by atomic mass is 79.9. The number of Topliss-reactive ketones (excluding diaryl/α,β-unsaturated/α-hetero) is 1. The van der Waals surface area contributed by atoms with E-state index in [1.54, 1.807) is 0 Å². The van der Waals surface area contributed by atoms with Crippen molar-refractivity contribution in [2.75, 3.05) is 0 Å². The van der Waals surface area contributed by atoms with E-state index < -0.39 is 0 Å². The summed E-state index contributed by atoms with van der Waals surface area (Å²) in [6.07, 6.45) is 3.63. The highest BCUT2D eigenvalue weighted by Crippen LogP contribution is 2.33. The summed E-state index contributed by atoms with van der Waals surface area (Å²) in [6.45, 7) is 4.22. The normalized spacial score (nSPS) is 24.3. The van der Waals surface area contributed by atoms with Gasteiger partial charge in [-0.05, 0) is 27.8 Å². The zero-order chi connectivity index (χ0) is 7.78. The maximum absolute atomic E-state index is 11.1. The van der Waals surface area contributed by atoms with Crippen molar-refractivity contribution in [1.29, 1.82) is 0 Å². The number of carbonyl (C=O) groups is 1. The Bertz CT molecular complexity index is 191. The van der Waals surface area contributed by atoms with Crippen molar-refractivity contribution in [3.05, 3.63) is 10.6 Å². The van der Waals surface area contributed by atoms with Crippen molar-refractivity contribution >= 4 is 21.7 Å². The molecule has 0 amide bonds. The first-order valence-electron chi connectivity index (χ1n) is 3.40. The van der Waals surface area contributed by atoms with E-state index in [1.807, 2.05) is 6.08 Å². The largest absolute Gasteiger partial charge is 0.294 e. The van der Waals surface area contributed by atoms with Gasteiger partial charge in [-0.1, -0.05) is 19.9 Å². The molecule has 0 aromatic carbocycles. The predicted octanol–water partition coefficient (Wildman–Crippen LogP) is 2.65. The van der Waals surface area contributed by atoms with Crippen LogP contribution in [0.4, 0.5) is 0 Å². The van der Waals surface area contributed by atoms with Gasteiger partial charge in [0.05, 0.1) is 4.48 Å². The van der Waals surface area contributed by atoms with Crippen LogP contribution in [0.1, 0.15) is 26.7 Å². The van der Waals surface area contributed by atoms with Gasteiger partial charge in [-0.25, -0.2) is 0 Å². The molecule has 2 heteroatoms. The molecule has 10 heavy (non-hydrogen) atoms. The number of ketones is 1. The van der Waals surface area contributed by atoms with Crippen LogP contribution >= 0.6 is 15.9 Å². The van der Waals surface area contributed by atoms with Gasteiger partial charge in [0.25, 0.3) is 0 Å². The number of halogens is 1. The molecule has 1 nitrogen and oxygen atoms in total. The van der Waals surface area contributed by atoms with E-state index in [0.29, 0.717) is 6.42 Å². The molecule has 0 atom stereocenters. The molecule has 0 unspecified atom stereocenters. The van der Waals surface area contributed by atoms with Crippen molar-refractivity contribution in [3.8, 4) is 0 Å². The third-order valence-corrected chi connectivity index (χ3v) is 2.51. The van der Waals surface area contributed by atoms with Gasteiger partial charge < -0.3 is 0 Å². The van der Waals surface area contributed by atoms with Crippen LogP contribution in [-0.4, -0.2) is 5.78 Å². The molecule has 0 spiro atoms. The van der Waals surface area contributed by atoms with E-state index >= 15 is 0 Å². The van der Waals surface area contributed by atoms with Crippen molar-refractivity contribution in [1.82, 2.24) is 0 Å². The third kappa shape index (κ3) is 1.69. The van der Waals surface area contributed by atoms with Crippen LogP contribution in [0.15, 0.2) is 10.6 Å². The average Bonchev–Trinajstić information content (AvgIpc) is 1.79. The highest BCUT2D eigenvalue weighted by Gasteiger charge is 2.26. The zero-order valence-electron chi connectivity index (χ0n) is 6.28. The molecule has 1 aliphatic rings. The van der Waals surface area contributed by atoms with Gasteiger partial charge >= 0.3 is 0 Å². The molecule has 0 saturated carbocycles. The Morgan fingerprint density at radius 3 is 2.60 bits per heavy atom. The number of rotatable bonds is 0. The zero-order valence-corrected chi connectivity index (χ0v) is 7.86. The highest BCUT2D eigenvalue weighted by molar-refractivity contribution is 9.12. The van der Waals surface area contributed by atoms with Gasteiger partial charge in [-0.15, -0.1) is 0 Å². The summed E-state index contributed by atoms with van der Waals surface area (Å²) in [5.74, 6) is 0.233. The van der Waals surface area contributed by atoms with Crippen molar-refractivity contribution < 1.29 is 4.79 Å². The Morgan fingerprint density at radius 1 is 1.60 bits per heavy atom. The second kappa shape index (κ2) is 2.50. The van der Waals surface area contributed by atoms with Crippen LogP contribution in [-0.2, 0) is 4.79 Å². The maximum atomic E-state index is 11.1. The third-order valence-electron chi connectivity index (χ3n) is 1.74. The molecule has 0 saturated heterocycles. The Kier molecular flexibility index (Phi) is 1.99. The fraction of sp³-hybridized carbons (Fsp3) is 0.625. The topological polar surface area (TPSA) is 17.1 Å². The molecule has 1 rings (SSSR count). The number of allylic oxidation sites excluding steroid dienone is 2. The molecule has 0 bridgehead atoms. The second-order valence-electron chi connectivity index (χ2n) is 3.52. The fourth-order valence-electron chi connectivity index (χ4n) is 1.07. The van der Waals surface area contributed by atoms with E-state index in [9.17, 15) is 4.79 Å². The molecular weight excluding hydrogens is 192 g/mol. The lowest BCUT2D eigenvalue weighted by Crippen LogP contribution is -2.20. The van der Waals surface area contributed by atoms with Gasteiger partial charge in [0.15, 0.2) is 5.78 Å². The van der Waals surface area contributed by atoms with E-state index in [1.165, 1.54) is 0 Å². The van der Waals surface area contributed by atoms with Crippen LogP contribution in [0, 0.1) is 5.41 Å². The number of carbonyl (C=O) groups excluding carboxylic acids is 1. The summed E-state index contributed by atoms with van der Waals surface area (Å²) in [7, 11) is 0. The Morgan fingerprint density at radius 2 is 2.20 bits per heavy atom. The average molecular weight is 203 g/mol. The molecule has 0 heterocycles. The molecule has 0 aliphatic heterocycles. The quantitative estimate of drug-likeness (QED) is 0.591. The monoisotopic (exact) mass is 202 g/mol. The van der Waals surface area contributed by atoms with Crippen molar-refractivity contribution in [2.45, 2.75) is 26.7 Å². The van der Waals surface area contributed by atoms with Crippen LogP contribution in [0.5, 0.6) is 0 Å².